The summed E-state index contributed by atoms with van der Waals surface area (Å²) in [4.78, 5) is 10.7. The maximum atomic E-state index is 10.7. The minimum atomic E-state index is -0.316. The minimum absolute atomic E-state index is 0.316. The third-order valence-corrected chi connectivity index (χ3v) is 2.00. The fourth-order valence-corrected chi connectivity index (χ4v) is 1.33. The third kappa shape index (κ3) is 2.66. The van der Waals surface area contributed by atoms with E-state index in [2.05, 4.69) is 10.3 Å². The second-order valence-corrected chi connectivity index (χ2v) is 3.34. The van der Waals surface area contributed by atoms with Gasteiger partial charge in [0, 0.05) is 13.1 Å². The van der Waals surface area contributed by atoms with Crippen molar-refractivity contribution in [1.82, 2.24) is 15.0 Å². The number of hydrogen-bond acceptors (Lipinski definition) is 4. The van der Waals surface area contributed by atoms with Crippen LogP contribution in [0, 0.1) is 0 Å². The zero-order valence-corrected chi connectivity index (χ0v) is 8.83. The number of nitrogens with zero attached hydrogens (tertiary/aromatic N) is 3. The van der Waals surface area contributed by atoms with Gasteiger partial charge in [-0.3, -0.25) is 4.79 Å². The van der Waals surface area contributed by atoms with Crippen LogP contribution >= 0.6 is 0 Å². The molecule has 0 N–H and O–H groups in total. The lowest BCUT2D eigenvalue weighted by Gasteiger charge is -2.03. The first-order chi connectivity index (χ1) is 7.74. The summed E-state index contributed by atoms with van der Waals surface area (Å²) in [6.07, 6.45) is 3.42. The molecule has 1 aromatic carbocycles. The summed E-state index contributed by atoms with van der Waals surface area (Å²) in [6, 6.07) is 7.29. The molecule has 1 heterocycles. The molecular formula is C11H11N3O2. The monoisotopic (exact) mass is 217 g/mol. The standard InChI is InChI=1S/C11H11N3O2/c1-9(15)16-11-4-2-10(3-5-11)8-14-7-6-12-13-14/h2-7H,8H2,1H3. The van der Waals surface area contributed by atoms with Gasteiger partial charge in [0.05, 0.1) is 12.7 Å². The van der Waals surface area contributed by atoms with Crippen LogP contribution in [0.3, 0.4) is 0 Å². The molecule has 0 spiro atoms. The van der Waals surface area contributed by atoms with Gasteiger partial charge >= 0.3 is 5.97 Å². The predicted octanol–water partition coefficient (Wildman–Crippen LogP) is 1.25. The van der Waals surface area contributed by atoms with Crippen LogP contribution in [0.25, 0.3) is 0 Å². The molecule has 0 fully saturated rings. The van der Waals surface area contributed by atoms with Crippen molar-refractivity contribution in [3.8, 4) is 5.75 Å². The number of aromatic nitrogens is 3. The summed E-state index contributed by atoms with van der Waals surface area (Å²) in [6.45, 7) is 2.03. The number of rotatable bonds is 3. The molecular weight excluding hydrogens is 206 g/mol. The maximum Gasteiger partial charge on any atom is 0.308 e. The van der Waals surface area contributed by atoms with Gasteiger partial charge in [0.25, 0.3) is 0 Å². The summed E-state index contributed by atoms with van der Waals surface area (Å²) >= 11 is 0. The van der Waals surface area contributed by atoms with Crippen LogP contribution in [0.5, 0.6) is 5.75 Å². The Kier molecular flexibility index (Phi) is 2.95. The maximum absolute atomic E-state index is 10.7. The molecule has 0 aliphatic rings. The highest BCUT2D eigenvalue weighted by Gasteiger charge is 1.99. The lowest BCUT2D eigenvalue weighted by molar-refractivity contribution is -0.131. The van der Waals surface area contributed by atoms with Crippen LogP contribution in [0.2, 0.25) is 0 Å². The molecule has 0 radical (unpaired) electrons. The molecule has 2 aromatic rings. The Morgan fingerprint density at radius 2 is 2.12 bits per heavy atom. The van der Waals surface area contributed by atoms with Crippen LogP contribution in [-0.2, 0) is 11.3 Å². The van der Waals surface area contributed by atoms with E-state index in [1.807, 2.05) is 12.1 Å². The zero-order valence-electron chi connectivity index (χ0n) is 8.83. The van der Waals surface area contributed by atoms with Crippen LogP contribution in [0.1, 0.15) is 12.5 Å². The highest BCUT2D eigenvalue weighted by atomic mass is 16.5. The first-order valence-corrected chi connectivity index (χ1v) is 4.85. The van der Waals surface area contributed by atoms with Crippen LogP contribution in [0.4, 0.5) is 0 Å². The van der Waals surface area contributed by atoms with Gasteiger partial charge in [0.2, 0.25) is 0 Å². The van der Waals surface area contributed by atoms with Crippen molar-refractivity contribution in [2.45, 2.75) is 13.5 Å². The van der Waals surface area contributed by atoms with E-state index in [0.717, 1.165) is 5.56 Å². The van der Waals surface area contributed by atoms with Crippen LogP contribution in [0.15, 0.2) is 36.7 Å². The summed E-state index contributed by atoms with van der Waals surface area (Å²) < 4.78 is 6.65. The van der Waals surface area contributed by atoms with Gasteiger partial charge in [-0.15, -0.1) is 5.10 Å². The fourth-order valence-electron chi connectivity index (χ4n) is 1.33. The molecule has 5 nitrogen and oxygen atoms in total. The molecule has 5 heteroatoms. The zero-order chi connectivity index (χ0) is 11.4. The van der Waals surface area contributed by atoms with Gasteiger partial charge in [-0.05, 0) is 17.7 Å². The van der Waals surface area contributed by atoms with E-state index >= 15 is 0 Å². The Morgan fingerprint density at radius 3 is 2.69 bits per heavy atom. The fraction of sp³-hybridized carbons (Fsp3) is 0.182. The van der Waals surface area contributed by atoms with Crippen molar-refractivity contribution >= 4 is 5.97 Å². The van der Waals surface area contributed by atoms with Crippen molar-refractivity contribution in [2.24, 2.45) is 0 Å². The molecule has 0 saturated heterocycles. The summed E-state index contributed by atoms with van der Waals surface area (Å²) in [5, 5.41) is 7.58. The molecule has 1 aromatic heterocycles. The molecule has 0 unspecified atom stereocenters. The average Bonchev–Trinajstić information content (AvgIpc) is 2.73. The summed E-state index contributed by atoms with van der Waals surface area (Å²) in [5.74, 6) is 0.235. The number of ether oxygens (including phenoxy) is 1. The van der Waals surface area contributed by atoms with Gasteiger partial charge < -0.3 is 4.74 Å². The SMILES string of the molecule is CC(=O)Oc1ccc(Cn2ccnn2)cc1. The number of carbonyl (C=O) groups excluding carboxylic acids is 1. The van der Waals surface area contributed by atoms with E-state index in [0.29, 0.717) is 12.3 Å². The van der Waals surface area contributed by atoms with E-state index in [-0.39, 0.29) is 5.97 Å². The van der Waals surface area contributed by atoms with Crippen molar-refractivity contribution in [1.29, 1.82) is 0 Å². The lowest BCUT2D eigenvalue weighted by Crippen LogP contribution is -2.02. The first kappa shape index (κ1) is 10.4. The summed E-state index contributed by atoms with van der Waals surface area (Å²) in [7, 11) is 0. The van der Waals surface area contributed by atoms with E-state index in [1.165, 1.54) is 6.92 Å². The van der Waals surface area contributed by atoms with Gasteiger partial charge in [0.15, 0.2) is 0 Å². The van der Waals surface area contributed by atoms with E-state index in [1.54, 1.807) is 29.2 Å². The van der Waals surface area contributed by atoms with Crippen molar-refractivity contribution in [3.05, 3.63) is 42.2 Å². The Labute approximate surface area is 92.7 Å². The second kappa shape index (κ2) is 4.57. The molecule has 2 rings (SSSR count). The van der Waals surface area contributed by atoms with Crippen LogP contribution < -0.4 is 4.74 Å². The second-order valence-electron chi connectivity index (χ2n) is 3.34. The minimum Gasteiger partial charge on any atom is -0.427 e. The lowest BCUT2D eigenvalue weighted by atomic mass is 10.2. The van der Waals surface area contributed by atoms with E-state index in [9.17, 15) is 4.79 Å². The molecule has 0 amide bonds. The summed E-state index contributed by atoms with van der Waals surface area (Å²) in [5.41, 5.74) is 1.07. The Morgan fingerprint density at radius 1 is 1.38 bits per heavy atom. The topological polar surface area (TPSA) is 57.0 Å². The van der Waals surface area contributed by atoms with Gasteiger partial charge in [-0.25, -0.2) is 4.68 Å². The third-order valence-electron chi connectivity index (χ3n) is 2.00. The Balaban J connectivity index is 2.05. The van der Waals surface area contributed by atoms with Crippen molar-refractivity contribution in [2.75, 3.05) is 0 Å². The normalized spacial score (nSPS) is 10.1. The van der Waals surface area contributed by atoms with Gasteiger partial charge in [0.1, 0.15) is 5.75 Å². The average molecular weight is 217 g/mol. The first-order valence-electron chi connectivity index (χ1n) is 4.85. The van der Waals surface area contributed by atoms with Gasteiger partial charge in [-0.2, -0.15) is 0 Å². The molecule has 82 valence electrons. The molecule has 0 atom stereocenters. The van der Waals surface area contributed by atoms with E-state index < -0.39 is 0 Å². The smallest absolute Gasteiger partial charge is 0.308 e. The van der Waals surface area contributed by atoms with Crippen LogP contribution in [-0.4, -0.2) is 21.0 Å². The molecule has 0 bridgehead atoms. The highest BCUT2D eigenvalue weighted by Crippen LogP contribution is 2.12. The highest BCUT2D eigenvalue weighted by molar-refractivity contribution is 5.69. The molecule has 0 aliphatic heterocycles. The predicted molar refractivity (Wildman–Crippen MR) is 56.9 cm³/mol. The van der Waals surface area contributed by atoms with Crippen molar-refractivity contribution < 1.29 is 9.53 Å². The van der Waals surface area contributed by atoms with E-state index in [4.69, 9.17) is 4.74 Å². The number of carbonyl (C=O) groups is 1. The molecule has 0 saturated carbocycles. The molecule has 16 heavy (non-hydrogen) atoms. The molecule has 0 aliphatic carbocycles. The Hall–Kier alpha value is -2.17. The van der Waals surface area contributed by atoms with Crippen molar-refractivity contribution in [3.63, 3.8) is 0 Å². The number of benzene rings is 1. The Bertz CT molecular complexity index is 462. The number of hydrogen-bond donors (Lipinski definition) is 0. The largest absolute Gasteiger partial charge is 0.427 e. The quantitative estimate of drug-likeness (QED) is 0.573. The number of esters is 1. The van der Waals surface area contributed by atoms with Gasteiger partial charge in [-0.1, -0.05) is 17.3 Å².